The molecule has 3 heterocycles. The lowest BCUT2D eigenvalue weighted by atomic mass is 10.0. The molecule has 8 heteroatoms. The van der Waals surface area contributed by atoms with Crippen LogP contribution in [0, 0.1) is 6.92 Å². The average molecular weight is 464 g/mol. The molecule has 2 aliphatic rings. The third kappa shape index (κ3) is 4.11. The quantitative estimate of drug-likeness (QED) is 0.479. The molecule has 2 N–H and O–H groups in total. The highest BCUT2D eigenvalue weighted by atomic mass is 19.4. The summed E-state index contributed by atoms with van der Waals surface area (Å²) in [4.78, 5) is 18.5. The van der Waals surface area contributed by atoms with Gasteiger partial charge in [-0.25, -0.2) is 0 Å². The highest BCUT2D eigenvalue weighted by Crippen LogP contribution is 2.41. The molecular formula is C26H23F3N4O. The van der Waals surface area contributed by atoms with Gasteiger partial charge in [-0.3, -0.25) is 9.78 Å². The van der Waals surface area contributed by atoms with Crippen molar-refractivity contribution in [3.8, 4) is 0 Å². The number of aryl methyl sites for hydroxylation is 1. The molecule has 2 aliphatic heterocycles. The number of carbonyl (C=O) groups excluding carboxylic acids is 1. The van der Waals surface area contributed by atoms with Crippen LogP contribution in [0.15, 0.2) is 67.0 Å². The van der Waals surface area contributed by atoms with Crippen molar-refractivity contribution in [3.05, 3.63) is 89.4 Å². The monoisotopic (exact) mass is 464 g/mol. The second-order valence-electron chi connectivity index (χ2n) is 8.57. The highest BCUT2D eigenvalue weighted by Gasteiger charge is 2.37. The van der Waals surface area contributed by atoms with E-state index in [0.717, 1.165) is 29.3 Å². The molecule has 1 atom stereocenters. The zero-order valence-electron chi connectivity index (χ0n) is 18.5. The van der Waals surface area contributed by atoms with E-state index < -0.39 is 11.7 Å². The number of pyridine rings is 1. The molecule has 0 bridgehead atoms. The molecule has 3 aromatic rings. The van der Waals surface area contributed by atoms with E-state index in [2.05, 4.69) is 15.6 Å². The molecule has 5 rings (SSSR count). The Balaban J connectivity index is 1.41. The van der Waals surface area contributed by atoms with Crippen LogP contribution < -0.4 is 15.5 Å². The van der Waals surface area contributed by atoms with E-state index >= 15 is 0 Å². The van der Waals surface area contributed by atoms with Crippen LogP contribution >= 0.6 is 0 Å². The first-order chi connectivity index (χ1) is 16.3. The van der Waals surface area contributed by atoms with Gasteiger partial charge in [0.05, 0.1) is 11.1 Å². The Bertz CT molecular complexity index is 1270. The number of anilines is 3. The third-order valence-corrected chi connectivity index (χ3v) is 6.36. The van der Waals surface area contributed by atoms with Crippen LogP contribution in [0.25, 0.3) is 5.57 Å². The number of nitrogens with zero attached hydrogens (tertiary/aromatic N) is 2. The molecule has 34 heavy (non-hydrogen) atoms. The first kappa shape index (κ1) is 22.0. The van der Waals surface area contributed by atoms with Gasteiger partial charge >= 0.3 is 6.18 Å². The Morgan fingerprint density at radius 3 is 2.76 bits per heavy atom. The molecule has 0 radical (unpaired) electrons. The summed E-state index contributed by atoms with van der Waals surface area (Å²) in [6, 6.07) is 15.4. The maximum Gasteiger partial charge on any atom is 0.418 e. The first-order valence-corrected chi connectivity index (χ1v) is 11.1. The molecule has 174 valence electrons. The predicted molar refractivity (Wildman–Crippen MR) is 127 cm³/mol. The minimum atomic E-state index is -4.52. The van der Waals surface area contributed by atoms with E-state index in [0.29, 0.717) is 24.4 Å². The number of alkyl halides is 3. The van der Waals surface area contributed by atoms with Crippen molar-refractivity contribution in [1.29, 1.82) is 0 Å². The van der Waals surface area contributed by atoms with Crippen molar-refractivity contribution >= 4 is 28.5 Å². The van der Waals surface area contributed by atoms with Crippen molar-refractivity contribution < 1.29 is 18.0 Å². The van der Waals surface area contributed by atoms with Crippen molar-refractivity contribution in [2.24, 2.45) is 0 Å². The lowest BCUT2D eigenvalue weighted by Crippen LogP contribution is -2.23. The lowest BCUT2D eigenvalue weighted by Gasteiger charge is -2.24. The molecule has 2 aromatic carbocycles. The number of carbonyl (C=O) groups is 1. The molecule has 1 aromatic heterocycles. The zero-order chi connectivity index (χ0) is 23.9. The number of fused-ring (bicyclic) bond motifs is 1. The van der Waals surface area contributed by atoms with Crippen molar-refractivity contribution in [2.45, 2.75) is 25.4 Å². The summed E-state index contributed by atoms with van der Waals surface area (Å²) < 4.78 is 42.0. The SMILES string of the molecule is Cc1cccc2c1/C(=C/Nc1ccc(N3CCC(c4ccccn4)C3)c(C(F)(F)F)c1)C(=O)N2. The van der Waals surface area contributed by atoms with Gasteiger partial charge in [-0.15, -0.1) is 0 Å². The van der Waals surface area contributed by atoms with Crippen LogP contribution in [0.1, 0.15) is 34.7 Å². The lowest BCUT2D eigenvalue weighted by molar-refractivity contribution is -0.137. The predicted octanol–water partition coefficient (Wildman–Crippen LogP) is 5.81. The fourth-order valence-electron chi connectivity index (χ4n) is 4.69. The van der Waals surface area contributed by atoms with E-state index in [1.54, 1.807) is 23.2 Å². The van der Waals surface area contributed by atoms with E-state index in [1.165, 1.54) is 12.3 Å². The van der Waals surface area contributed by atoms with Crippen LogP contribution in [0.2, 0.25) is 0 Å². The summed E-state index contributed by atoms with van der Waals surface area (Å²) in [6.45, 7) is 2.89. The molecule has 1 unspecified atom stereocenters. The molecule has 1 amide bonds. The summed E-state index contributed by atoms with van der Waals surface area (Å²) in [6.07, 6.45) is -0.597. The van der Waals surface area contributed by atoms with E-state index in [1.807, 2.05) is 37.3 Å². The van der Waals surface area contributed by atoms with Crippen LogP contribution in [0.3, 0.4) is 0 Å². The molecule has 5 nitrogen and oxygen atoms in total. The van der Waals surface area contributed by atoms with Gasteiger partial charge in [0.15, 0.2) is 0 Å². The standard InChI is InChI=1S/C26H23F3N4O/c1-16-5-4-7-22-24(16)19(25(34)32-22)14-31-18-8-9-23(20(13-18)26(27,28)29)33-12-10-17(15-33)21-6-2-3-11-30-21/h2-9,11,13-14,17,31H,10,12,15H2,1H3,(H,32,34)/b19-14-. The number of aromatic nitrogens is 1. The molecule has 1 saturated heterocycles. The second kappa shape index (κ2) is 8.52. The van der Waals surface area contributed by atoms with Crippen LogP contribution in [0.4, 0.5) is 30.2 Å². The van der Waals surface area contributed by atoms with Crippen LogP contribution in [0.5, 0.6) is 0 Å². The van der Waals surface area contributed by atoms with E-state index in [9.17, 15) is 18.0 Å². The maximum atomic E-state index is 14.0. The Hall–Kier alpha value is -3.81. The number of hydrogen-bond acceptors (Lipinski definition) is 4. The topological polar surface area (TPSA) is 57.3 Å². The van der Waals surface area contributed by atoms with Gasteiger partial charge in [0, 0.05) is 59.7 Å². The Morgan fingerprint density at radius 1 is 1.15 bits per heavy atom. The average Bonchev–Trinajstić information content (AvgIpc) is 3.43. The maximum absolute atomic E-state index is 14.0. The number of amides is 1. The molecule has 0 spiro atoms. The summed E-state index contributed by atoms with van der Waals surface area (Å²) in [5, 5.41) is 5.68. The summed E-state index contributed by atoms with van der Waals surface area (Å²) >= 11 is 0. The molecular weight excluding hydrogens is 441 g/mol. The number of benzene rings is 2. The van der Waals surface area contributed by atoms with E-state index in [-0.39, 0.29) is 23.2 Å². The van der Waals surface area contributed by atoms with Gasteiger partial charge in [-0.05, 0) is 55.3 Å². The normalized spacial score (nSPS) is 18.8. The molecule has 0 saturated carbocycles. The van der Waals surface area contributed by atoms with Crippen LogP contribution in [-0.4, -0.2) is 24.0 Å². The minimum Gasteiger partial charge on any atom is -0.370 e. The van der Waals surface area contributed by atoms with Crippen molar-refractivity contribution in [2.75, 3.05) is 28.6 Å². The van der Waals surface area contributed by atoms with E-state index in [4.69, 9.17) is 0 Å². The number of hydrogen-bond donors (Lipinski definition) is 2. The first-order valence-electron chi connectivity index (χ1n) is 11.1. The fourth-order valence-corrected chi connectivity index (χ4v) is 4.69. The molecule has 0 aliphatic carbocycles. The number of halogens is 3. The van der Waals surface area contributed by atoms with Gasteiger partial charge in [0.2, 0.25) is 0 Å². The highest BCUT2D eigenvalue weighted by molar-refractivity contribution is 6.32. The Labute approximate surface area is 195 Å². The van der Waals surface area contributed by atoms with Gasteiger partial charge in [-0.1, -0.05) is 18.2 Å². The second-order valence-corrected chi connectivity index (χ2v) is 8.57. The van der Waals surface area contributed by atoms with Gasteiger partial charge in [0.1, 0.15) is 0 Å². The van der Waals surface area contributed by atoms with Gasteiger partial charge in [0.25, 0.3) is 5.91 Å². The summed E-state index contributed by atoms with van der Waals surface area (Å²) in [5.74, 6) is -0.198. The zero-order valence-corrected chi connectivity index (χ0v) is 18.5. The Kier molecular flexibility index (Phi) is 5.51. The van der Waals surface area contributed by atoms with Gasteiger partial charge in [-0.2, -0.15) is 13.2 Å². The third-order valence-electron chi connectivity index (χ3n) is 6.36. The molecule has 1 fully saturated rings. The van der Waals surface area contributed by atoms with Gasteiger partial charge < -0.3 is 15.5 Å². The number of rotatable bonds is 4. The van der Waals surface area contributed by atoms with Crippen molar-refractivity contribution in [1.82, 2.24) is 4.98 Å². The largest absolute Gasteiger partial charge is 0.418 e. The van der Waals surface area contributed by atoms with Crippen molar-refractivity contribution in [3.63, 3.8) is 0 Å². The smallest absolute Gasteiger partial charge is 0.370 e. The minimum absolute atomic E-state index is 0.0917. The summed E-state index contributed by atoms with van der Waals surface area (Å²) in [5.41, 5.74) is 3.36. The summed E-state index contributed by atoms with van der Waals surface area (Å²) in [7, 11) is 0. The number of nitrogens with one attached hydrogen (secondary N) is 2. The van der Waals surface area contributed by atoms with Crippen LogP contribution in [-0.2, 0) is 11.0 Å². The Morgan fingerprint density at radius 2 is 2.00 bits per heavy atom. The fraction of sp³-hybridized carbons (Fsp3) is 0.231.